The van der Waals surface area contributed by atoms with E-state index in [4.69, 9.17) is 4.74 Å². The van der Waals surface area contributed by atoms with Gasteiger partial charge in [0, 0.05) is 56.5 Å². The monoisotopic (exact) mass is 491 g/mol. The second-order valence-electron chi connectivity index (χ2n) is 8.35. The molecule has 0 spiro atoms. The molecule has 4 aromatic rings. The molecular weight excluding hydrogens is 466 g/mol. The van der Waals surface area contributed by atoms with Gasteiger partial charge in [0.15, 0.2) is 0 Å². The van der Waals surface area contributed by atoms with Crippen LogP contribution in [0.5, 0.6) is 5.75 Å². The summed E-state index contributed by atoms with van der Waals surface area (Å²) < 4.78 is 34.8. The fourth-order valence-electron chi connectivity index (χ4n) is 4.09. The van der Waals surface area contributed by atoms with E-state index in [1.807, 2.05) is 35.9 Å². The minimum Gasteiger partial charge on any atom is -0.487 e. The van der Waals surface area contributed by atoms with Crippen LogP contribution < -0.4 is 4.74 Å². The zero-order chi connectivity index (χ0) is 24.4. The molecule has 1 amide bonds. The molecule has 10 heteroatoms. The summed E-state index contributed by atoms with van der Waals surface area (Å²) in [7, 11) is -3.61. The highest BCUT2D eigenvalue weighted by Gasteiger charge is 2.30. The van der Waals surface area contributed by atoms with Crippen molar-refractivity contribution < 1.29 is 17.9 Å². The van der Waals surface area contributed by atoms with Crippen LogP contribution in [0.1, 0.15) is 21.6 Å². The van der Waals surface area contributed by atoms with Crippen molar-refractivity contribution in [3.05, 3.63) is 90.1 Å². The Morgan fingerprint density at radius 2 is 1.80 bits per heavy atom. The van der Waals surface area contributed by atoms with E-state index in [-0.39, 0.29) is 23.9 Å². The van der Waals surface area contributed by atoms with Crippen LogP contribution in [0.4, 0.5) is 0 Å². The van der Waals surface area contributed by atoms with E-state index in [1.165, 1.54) is 22.8 Å². The van der Waals surface area contributed by atoms with Gasteiger partial charge in [0.05, 0.1) is 5.69 Å². The summed E-state index contributed by atoms with van der Waals surface area (Å²) in [5.41, 5.74) is 3.35. The average Bonchev–Trinajstić information content (AvgIpc) is 3.33. The van der Waals surface area contributed by atoms with Crippen LogP contribution >= 0.6 is 0 Å². The normalized spacial score (nSPS) is 14.8. The van der Waals surface area contributed by atoms with Gasteiger partial charge in [0.2, 0.25) is 10.0 Å². The second-order valence-corrected chi connectivity index (χ2v) is 10.3. The predicted octanol–water partition coefficient (Wildman–Crippen LogP) is 2.76. The summed E-state index contributed by atoms with van der Waals surface area (Å²) in [6, 6.07) is 14.1. The number of sulfonamides is 1. The molecule has 9 nitrogen and oxygen atoms in total. The van der Waals surface area contributed by atoms with Crippen molar-refractivity contribution in [2.45, 2.75) is 18.4 Å². The summed E-state index contributed by atoms with van der Waals surface area (Å²) in [5.74, 6) is 0.508. The molecule has 3 aromatic heterocycles. The van der Waals surface area contributed by atoms with Gasteiger partial charge in [0.1, 0.15) is 22.9 Å². The molecule has 4 heterocycles. The maximum absolute atomic E-state index is 12.9. The molecule has 180 valence electrons. The first-order chi connectivity index (χ1) is 16.9. The molecule has 5 rings (SSSR count). The number of aromatic nitrogens is 3. The Balaban J connectivity index is 1.17. The van der Waals surface area contributed by atoms with E-state index < -0.39 is 10.0 Å². The fourth-order valence-corrected chi connectivity index (χ4v) is 5.47. The number of pyridine rings is 2. The molecule has 0 saturated carbocycles. The Morgan fingerprint density at radius 3 is 2.49 bits per heavy atom. The summed E-state index contributed by atoms with van der Waals surface area (Å²) in [4.78, 5) is 23.3. The third kappa shape index (κ3) is 4.75. The van der Waals surface area contributed by atoms with E-state index in [0.29, 0.717) is 31.0 Å². The van der Waals surface area contributed by atoms with Crippen molar-refractivity contribution in [2.24, 2.45) is 0 Å². The third-order valence-electron chi connectivity index (χ3n) is 6.01. The quantitative estimate of drug-likeness (QED) is 0.412. The number of benzene rings is 1. The highest BCUT2D eigenvalue weighted by molar-refractivity contribution is 7.89. The van der Waals surface area contributed by atoms with Gasteiger partial charge >= 0.3 is 0 Å². The van der Waals surface area contributed by atoms with E-state index in [9.17, 15) is 13.2 Å². The number of ether oxygens (including phenoxy) is 1. The Labute approximate surface area is 203 Å². The molecule has 0 atom stereocenters. The van der Waals surface area contributed by atoms with Gasteiger partial charge in [-0.2, -0.15) is 4.31 Å². The number of fused-ring (bicyclic) bond motifs is 1. The SMILES string of the molecule is Cc1cccn2cc(COc3ccc(C(=O)N4CCN(S(=O)(=O)c5cccnc5)CC4)cc3)nc12. The molecular formula is C25H25N5O4S. The van der Waals surface area contributed by atoms with Crippen LogP contribution in [0.3, 0.4) is 0 Å². The number of hydrogen-bond donors (Lipinski definition) is 0. The van der Waals surface area contributed by atoms with Gasteiger partial charge in [-0.25, -0.2) is 13.4 Å². The third-order valence-corrected chi connectivity index (χ3v) is 7.90. The van der Waals surface area contributed by atoms with Crippen LogP contribution in [-0.2, 0) is 16.6 Å². The topological polar surface area (TPSA) is 97.1 Å². The Bertz CT molecular complexity index is 1440. The number of carbonyl (C=O) groups is 1. The van der Waals surface area contributed by atoms with Crippen LogP contribution in [0, 0.1) is 6.92 Å². The zero-order valence-electron chi connectivity index (χ0n) is 19.2. The average molecular weight is 492 g/mol. The fraction of sp³-hybridized carbons (Fsp3) is 0.240. The minimum absolute atomic E-state index is 0.134. The standard InChI is InChI=1S/C25H25N5O4S/c1-19-4-3-11-29-17-21(27-24(19)29)18-34-22-8-6-20(7-9-22)25(31)28-12-14-30(15-13-28)35(32,33)23-5-2-10-26-16-23/h2-11,16-17H,12-15,18H2,1H3. The highest BCUT2D eigenvalue weighted by atomic mass is 32.2. The molecule has 1 saturated heterocycles. The molecule has 1 aromatic carbocycles. The molecule has 1 aliphatic heterocycles. The van der Waals surface area contributed by atoms with Crippen molar-refractivity contribution in [2.75, 3.05) is 26.2 Å². The van der Waals surface area contributed by atoms with Crippen LogP contribution in [0.25, 0.3) is 5.65 Å². The lowest BCUT2D eigenvalue weighted by atomic mass is 10.2. The summed E-state index contributed by atoms with van der Waals surface area (Å²) in [6.45, 7) is 3.46. The molecule has 0 N–H and O–H groups in total. The van der Waals surface area contributed by atoms with Gasteiger partial charge in [-0.15, -0.1) is 0 Å². The molecule has 0 unspecified atom stereocenters. The first-order valence-corrected chi connectivity index (χ1v) is 12.7. The Morgan fingerprint density at radius 1 is 1.03 bits per heavy atom. The molecule has 1 fully saturated rings. The van der Waals surface area contributed by atoms with Crippen LogP contribution in [-0.4, -0.2) is 64.1 Å². The maximum atomic E-state index is 12.9. The number of hydrogen-bond acceptors (Lipinski definition) is 6. The number of nitrogens with zero attached hydrogens (tertiary/aromatic N) is 5. The summed E-state index contributed by atoms with van der Waals surface area (Å²) in [5, 5.41) is 0. The molecule has 1 aliphatic rings. The van der Waals surface area contributed by atoms with Gasteiger partial charge in [-0.05, 0) is 55.0 Å². The number of rotatable bonds is 6. The second kappa shape index (κ2) is 9.47. The smallest absolute Gasteiger partial charge is 0.253 e. The first-order valence-electron chi connectivity index (χ1n) is 11.3. The van der Waals surface area contributed by atoms with Crippen molar-refractivity contribution >= 4 is 21.6 Å². The number of imidazole rings is 1. The lowest BCUT2D eigenvalue weighted by Gasteiger charge is -2.34. The van der Waals surface area contributed by atoms with Crippen LogP contribution in [0.2, 0.25) is 0 Å². The largest absolute Gasteiger partial charge is 0.487 e. The van der Waals surface area contributed by atoms with Gasteiger partial charge < -0.3 is 14.0 Å². The van der Waals surface area contributed by atoms with Gasteiger partial charge in [0.25, 0.3) is 5.91 Å². The molecule has 35 heavy (non-hydrogen) atoms. The summed E-state index contributed by atoms with van der Waals surface area (Å²) >= 11 is 0. The van der Waals surface area contributed by atoms with Gasteiger partial charge in [-0.1, -0.05) is 6.07 Å². The van der Waals surface area contributed by atoms with Crippen molar-refractivity contribution in [1.29, 1.82) is 0 Å². The number of piperazine rings is 1. The lowest BCUT2D eigenvalue weighted by molar-refractivity contribution is 0.0698. The van der Waals surface area contributed by atoms with Gasteiger partial charge in [-0.3, -0.25) is 9.78 Å². The Hall–Kier alpha value is -3.76. The molecule has 0 bridgehead atoms. The van der Waals surface area contributed by atoms with Crippen LogP contribution in [0.15, 0.2) is 78.2 Å². The van der Waals surface area contributed by atoms with E-state index in [0.717, 1.165) is 16.9 Å². The zero-order valence-corrected chi connectivity index (χ0v) is 20.1. The Kier molecular flexibility index (Phi) is 6.23. The highest BCUT2D eigenvalue weighted by Crippen LogP contribution is 2.20. The first kappa shape index (κ1) is 23.0. The van der Waals surface area contributed by atoms with Crippen molar-refractivity contribution in [3.63, 3.8) is 0 Å². The number of amides is 1. The summed E-state index contributed by atoms with van der Waals surface area (Å²) in [6.07, 6.45) is 6.76. The number of carbonyl (C=O) groups excluding carboxylic acids is 1. The maximum Gasteiger partial charge on any atom is 0.253 e. The van der Waals surface area contributed by atoms with Crippen molar-refractivity contribution in [3.8, 4) is 5.75 Å². The van der Waals surface area contributed by atoms with E-state index in [1.54, 1.807) is 35.2 Å². The lowest BCUT2D eigenvalue weighted by Crippen LogP contribution is -2.50. The molecule has 0 radical (unpaired) electrons. The van der Waals surface area contributed by atoms with E-state index >= 15 is 0 Å². The molecule has 0 aliphatic carbocycles. The number of aryl methyl sites for hydroxylation is 1. The predicted molar refractivity (Wildman–Crippen MR) is 130 cm³/mol. The minimum atomic E-state index is -3.61. The van der Waals surface area contributed by atoms with E-state index in [2.05, 4.69) is 9.97 Å². The van der Waals surface area contributed by atoms with Crippen molar-refractivity contribution in [1.82, 2.24) is 23.6 Å².